The molecule has 224 valence electrons. The van der Waals surface area contributed by atoms with Gasteiger partial charge in [0.05, 0.1) is 29.1 Å². The van der Waals surface area contributed by atoms with Crippen LogP contribution in [0.2, 0.25) is 0 Å². The van der Waals surface area contributed by atoms with Crippen LogP contribution in [0.5, 0.6) is 0 Å². The maximum absolute atomic E-state index is 16.0. The molecular formula is C31H37F2N5O3S. The monoisotopic (exact) mass is 597 g/mol. The lowest BCUT2D eigenvalue weighted by Crippen LogP contribution is -2.47. The molecular weight excluding hydrogens is 560 g/mol. The van der Waals surface area contributed by atoms with Gasteiger partial charge in [-0.05, 0) is 42.7 Å². The number of ether oxygens (including phenoxy) is 1. The van der Waals surface area contributed by atoms with Crippen LogP contribution in [-0.2, 0) is 26.7 Å². The molecule has 0 amide bonds. The molecule has 4 heterocycles. The van der Waals surface area contributed by atoms with Gasteiger partial charge in [-0.15, -0.1) is 0 Å². The first-order valence-corrected chi connectivity index (χ1v) is 16.2. The second-order valence-electron chi connectivity index (χ2n) is 10.7. The Morgan fingerprint density at radius 3 is 2.52 bits per heavy atom. The second kappa shape index (κ2) is 12.8. The number of hydrogen-bond donors (Lipinski definition) is 0. The number of rotatable bonds is 11. The molecule has 5 rings (SSSR count). The number of anilines is 1. The minimum atomic E-state index is -3.54. The first-order chi connectivity index (χ1) is 20.2. The van der Waals surface area contributed by atoms with Gasteiger partial charge >= 0.3 is 0 Å². The average molecular weight is 598 g/mol. The quantitative estimate of drug-likeness (QED) is 0.240. The fourth-order valence-electron chi connectivity index (χ4n) is 5.45. The Kier molecular flexibility index (Phi) is 9.19. The summed E-state index contributed by atoms with van der Waals surface area (Å²) in [5, 5.41) is 0. The summed E-state index contributed by atoms with van der Waals surface area (Å²) in [4.78, 5) is 14.0. The number of sulfone groups is 1. The lowest BCUT2D eigenvalue weighted by atomic mass is 10.1. The molecule has 0 atom stereocenters. The lowest BCUT2D eigenvalue weighted by molar-refractivity contribution is 0.144. The van der Waals surface area contributed by atoms with Crippen molar-refractivity contribution < 1.29 is 21.9 Å². The Morgan fingerprint density at radius 1 is 1.02 bits per heavy atom. The predicted molar refractivity (Wildman–Crippen MR) is 162 cm³/mol. The lowest BCUT2D eigenvalue weighted by Gasteiger charge is -2.35. The summed E-state index contributed by atoms with van der Waals surface area (Å²) in [6.45, 7) is 8.70. The molecule has 3 aromatic heterocycles. The molecule has 1 aliphatic heterocycles. The molecule has 8 nitrogen and oxygen atoms in total. The molecule has 42 heavy (non-hydrogen) atoms. The van der Waals surface area contributed by atoms with Gasteiger partial charge in [0.25, 0.3) is 0 Å². The summed E-state index contributed by atoms with van der Waals surface area (Å²) in [5.74, 6) is -1.45. The van der Waals surface area contributed by atoms with E-state index >= 15 is 8.78 Å². The molecule has 4 aromatic rings. The van der Waals surface area contributed by atoms with Crippen LogP contribution < -0.4 is 4.90 Å². The first kappa shape index (κ1) is 30.1. The van der Waals surface area contributed by atoms with Gasteiger partial charge < -0.3 is 14.2 Å². The highest BCUT2D eigenvalue weighted by atomic mass is 32.2. The van der Waals surface area contributed by atoms with Crippen LogP contribution in [0.4, 0.5) is 14.6 Å². The zero-order chi connectivity index (χ0) is 29.9. The third-order valence-corrected chi connectivity index (χ3v) is 9.51. The molecule has 1 aromatic carbocycles. The molecule has 1 aliphatic rings. The molecule has 0 radical (unpaired) electrons. The predicted octanol–water partition coefficient (Wildman–Crippen LogP) is 5.02. The number of aromatic nitrogens is 3. The van der Waals surface area contributed by atoms with Gasteiger partial charge in [0.2, 0.25) is 0 Å². The Labute approximate surface area is 245 Å². The van der Waals surface area contributed by atoms with Crippen LogP contribution in [0.15, 0.2) is 48.9 Å². The van der Waals surface area contributed by atoms with Crippen molar-refractivity contribution in [3.8, 4) is 16.8 Å². The largest absolute Gasteiger partial charge is 0.383 e. The summed E-state index contributed by atoms with van der Waals surface area (Å²) in [6, 6.07) is 8.06. The molecule has 0 saturated carbocycles. The fraction of sp³-hybridized carbons (Fsp3) is 0.419. The molecule has 0 N–H and O–H groups in total. The van der Waals surface area contributed by atoms with Crippen molar-refractivity contribution in [2.45, 2.75) is 32.4 Å². The maximum Gasteiger partial charge on any atom is 0.154 e. The molecule has 1 saturated heterocycles. The van der Waals surface area contributed by atoms with Gasteiger partial charge in [0, 0.05) is 75.1 Å². The van der Waals surface area contributed by atoms with Gasteiger partial charge in [-0.3, -0.25) is 9.88 Å². The van der Waals surface area contributed by atoms with E-state index in [9.17, 15) is 8.42 Å². The van der Waals surface area contributed by atoms with E-state index in [0.29, 0.717) is 29.6 Å². The first-order valence-electron chi connectivity index (χ1n) is 14.3. The molecule has 11 heteroatoms. The average Bonchev–Trinajstić information content (AvgIpc) is 3.36. The number of pyridine rings is 2. The van der Waals surface area contributed by atoms with E-state index in [2.05, 4.69) is 14.8 Å². The van der Waals surface area contributed by atoms with E-state index in [1.807, 2.05) is 25.1 Å². The van der Waals surface area contributed by atoms with Gasteiger partial charge in [0.1, 0.15) is 17.3 Å². The molecule has 0 spiro atoms. The number of hydrogen-bond acceptors (Lipinski definition) is 7. The summed E-state index contributed by atoms with van der Waals surface area (Å²) in [5.41, 5.74) is 3.22. The molecule has 0 aliphatic carbocycles. The smallest absolute Gasteiger partial charge is 0.154 e. The second-order valence-corrected chi connectivity index (χ2v) is 12.9. The highest BCUT2D eigenvalue weighted by molar-refractivity contribution is 7.90. The van der Waals surface area contributed by atoms with Crippen molar-refractivity contribution in [1.82, 2.24) is 19.4 Å². The molecule has 1 fully saturated rings. The van der Waals surface area contributed by atoms with Gasteiger partial charge in [0.15, 0.2) is 15.7 Å². The maximum atomic E-state index is 16.0. The topological polar surface area (TPSA) is 80.6 Å². The van der Waals surface area contributed by atoms with E-state index in [4.69, 9.17) is 9.72 Å². The Hall–Kier alpha value is -3.41. The Bertz CT molecular complexity index is 1670. The van der Waals surface area contributed by atoms with Crippen molar-refractivity contribution >= 4 is 26.7 Å². The number of methoxy groups -OCH3 is 1. The van der Waals surface area contributed by atoms with Crippen LogP contribution >= 0.6 is 0 Å². The number of halogens is 2. The van der Waals surface area contributed by atoms with E-state index in [1.54, 1.807) is 32.6 Å². The summed E-state index contributed by atoms with van der Waals surface area (Å²) >= 11 is 0. The van der Waals surface area contributed by atoms with Gasteiger partial charge in [-0.25, -0.2) is 22.2 Å². The van der Waals surface area contributed by atoms with Gasteiger partial charge in [-0.2, -0.15) is 0 Å². The van der Waals surface area contributed by atoms with Crippen molar-refractivity contribution in [3.05, 3.63) is 71.7 Å². The SMILES string of the molecule is CCCS(=O)(=O)Cc1ccc(F)c(-n2cc(-c3cncc(CC)c3)c3nc(N4CCN(CCOC)CC4)ccc32)c1F. The number of fused-ring (bicyclic) bond motifs is 1. The van der Waals surface area contributed by atoms with Crippen molar-refractivity contribution in [2.75, 3.05) is 57.1 Å². The fourth-order valence-corrected chi connectivity index (χ4v) is 6.91. The highest BCUT2D eigenvalue weighted by Gasteiger charge is 2.25. The van der Waals surface area contributed by atoms with Crippen LogP contribution in [0.1, 0.15) is 31.4 Å². The minimum Gasteiger partial charge on any atom is -0.383 e. The molecule has 0 unspecified atom stereocenters. The van der Waals surface area contributed by atoms with Crippen LogP contribution in [0.25, 0.3) is 27.8 Å². The van der Waals surface area contributed by atoms with Crippen LogP contribution in [-0.4, -0.2) is 80.0 Å². The Balaban J connectivity index is 1.61. The number of benzene rings is 1. The summed E-state index contributed by atoms with van der Waals surface area (Å²) in [7, 11) is -1.84. The zero-order valence-electron chi connectivity index (χ0n) is 24.3. The third-order valence-electron chi connectivity index (χ3n) is 7.73. The van der Waals surface area contributed by atoms with Crippen LogP contribution in [0.3, 0.4) is 0 Å². The summed E-state index contributed by atoms with van der Waals surface area (Å²) in [6.07, 6.45) is 6.39. The normalized spacial score (nSPS) is 14.6. The summed E-state index contributed by atoms with van der Waals surface area (Å²) < 4.78 is 63.0. The van der Waals surface area contributed by atoms with Crippen LogP contribution in [0, 0.1) is 11.6 Å². The van der Waals surface area contributed by atoms with Crippen molar-refractivity contribution in [3.63, 3.8) is 0 Å². The van der Waals surface area contributed by atoms with E-state index in [-0.39, 0.29) is 17.0 Å². The number of aryl methyl sites for hydroxylation is 1. The highest BCUT2D eigenvalue weighted by Crippen LogP contribution is 2.35. The van der Waals surface area contributed by atoms with E-state index in [1.165, 1.54) is 10.6 Å². The standard InChI is InChI=1S/C31H37F2N5O3S/c1-4-16-42(39,40)21-23-6-7-26(32)31(29(23)33)38-20-25(24-17-22(5-2)18-34-19-24)30-27(38)8-9-28(35-30)37-12-10-36(11-13-37)14-15-41-3/h6-9,17-20H,4-5,10-16,21H2,1-3H3. The zero-order valence-corrected chi connectivity index (χ0v) is 25.1. The van der Waals surface area contributed by atoms with Crippen molar-refractivity contribution in [1.29, 1.82) is 0 Å². The van der Waals surface area contributed by atoms with Gasteiger partial charge in [-0.1, -0.05) is 19.9 Å². The van der Waals surface area contributed by atoms with E-state index < -0.39 is 27.2 Å². The minimum absolute atomic E-state index is 0.0613. The molecule has 0 bridgehead atoms. The van der Waals surface area contributed by atoms with E-state index in [0.717, 1.165) is 62.2 Å². The number of piperazine rings is 1. The van der Waals surface area contributed by atoms with Crippen molar-refractivity contribution in [2.24, 2.45) is 0 Å². The Morgan fingerprint density at radius 2 is 1.81 bits per heavy atom. The number of nitrogens with zero attached hydrogens (tertiary/aromatic N) is 5. The third kappa shape index (κ3) is 6.33.